The Balaban J connectivity index is 1.67. The van der Waals surface area contributed by atoms with Gasteiger partial charge in [0.1, 0.15) is 11.6 Å². The van der Waals surface area contributed by atoms with Gasteiger partial charge in [-0.15, -0.1) is 0 Å². The van der Waals surface area contributed by atoms with Crippen LogP contribution in [0, 0.1) is 0 Å². The third-order valence-electron chi connectivity index (χ3n) is 3.39. The van der Waals surface area contributed by atoms with Crippen molar-refractivity contribution >= 4 is 0 Å². The number of rotatable bonds is 9. The number of H-pyrrole nitrogens is 1. The number of hydrogen-bond donors (Lipinski definition) is 1. The van der Waals surface area contributed by atoms with E-state index < -0.39 is 0 Å². The van der Waals surface area contributed by atoms with Crippen LogP contribution in [0.15, 0.2) is 36.7 Å². The molecule has 3 nitrogen and oxygen atoms in total. The molecule has 0 saturated carbocycles. The lowest BCUT2D eigenvalue weighted by atomic mass is 10.1. The lowest BCUT2D eigenvalue weighted by molar-refractivity contribution is 0.304. The molecule has 0 aliphatic rings. The average Bonchev–Trinajstić information content (AvgIpc) is 3.01. The van der Waals surface area contributed by atoms with Crippen molar-refractivity contribution in [2.45, 2.75) is 45.4 Å². The van der Waals surface area contributed by atoms with Gasteiger partial charge in [-0.3, -0.25) is 0 Å². The zero-order valence-electron chi connectivity index (χ0n) is 12.3. The fourth-order valence-corrected chi connectivity index (χ4v) is 2.20. The van der Waals surface area contributed by atoms with Crippen molar-refractivity contribution in [3.05, 3.63) is 36.7 Å². The van der Waals surface area contributed by atoms with Crippen LogP contribution in [0.5, 0.6) is 5.75 Å². The Bertz CT molecular complexity index is 462. The van der Waals surface area contributed by atoms with Crippen molar-refractivity contribution in [3.8, 4) is 17.1 Å². The van der Waals surface area contributed by atoms with Crippen LogP contribution in [0.4, 0.5) is 0 Å². The smallest absolute Gasteiger partial charge is 0.137 e. The van der Waals surface area contributed by atoms with Crippen molar-refractivity contribution < 1.29 is 4.74 Å². The van der Waals surface area contributed by atoms with Gasteiger partial charge in [0.2, 0.25) is 0 Å². The van der Waals surface area contributed by atoms with Gasteiger partial charge < -0.3 is 9.72 Å². The number of nitrogens with zero attached hydrogens (tertiary/aromatic N) is 1. The van der Waals surface area contributed by atoms with Crippen molar-refractivity contribution in [1.29, 1.82) is 0 Å². The highest BCUT2D eigenvalue weighted by atomic mass is 16.5. The molecule has 1 heterocycles. The Morgan fingerprint density at radius 1 is 1.00 bits per heavy atom. The molecule has 3 heteroatoms. The molecule has 0 unspecified atom stereocenters. The minimum Gasteiger partial charge on any atom is -0.494 e. The van der Waals surface area contributed by atoms with Crippen LogP contribution in [0.25, 0.3) is 11.4 Å². The first-order valence-electron chi connectivity index (χ1n) is 7.63. The molecule has 0 bridgehead atoms. The molecule has 20 heavy (non-hydrogen) atoms. The lowest BCUT2D eigenvalue weighted by Gasteiger charge is -2.06. The molecule has 0 amide bonds. The van der Waals surface area contributed by atoms with E-state index in [9.17, 15) is 0 Å². The summed E-state index contributed by atoms with van der Waals surface area (Å²) in [6, 6.07) is 8.09. The zero-order valence-corrected chi connectivity index (χ0v) is 12.3. The maximum atomic E-state index is 5.75. The number of nitrogens with one attached hydrogen (secondary N) is 1. The fourth-order valence-electron chi connectivity index (χ4n) is 2.20. The Labute approximate surface area is 121 Å². The maximum absolute atomic E-state index is 5.75. The molecule has 1 aromatic carbocycles. The molecule has 0 fully saturated rings. The van der Waals surface area contributed by atoms with Gasteiger partial charge in [-0.2, -0.15) is 0 Å². The van der Waals surface area contributed by atoms with E-state index in [1.54, 1.807) is 6.20 Å². The van der Waals surface area contributed by atoms with Gasteiger partial charge >= 0.3 is 0 Å². The van der Waals surface area contributed by atoms with Gasteiger partial charge in [0.15, 0.2) is 0 Å². The molecule has 1 aromatic heterocycles. The van der Waals surface area contributed by atoms with Crippen LogP contribution in [-0.4, -0.2) is 16.6 Å². The summed E-state index contributed by atoms with van der Waals surface area (Å²) in [5.41, 5.74) is 1.09. The summed E-state index contributed by atoms with van der Waals surface area (Å²) >= 11 is 0. The number of unbranched alkanes of at least 4 members (excludes halogenated alkanes) is 5. The van der Waals surface area contributed by atoms with Crippen molar-refractivity contribution in [2.24, 2.45) is 0 Å². The second kappa shape index (κ2) is 8.41. The Kier molecular flexibility index (Phi) is 6.15. The van der Waals surface area contributed by atoms with Crippen molar-refractivity contribution in [3.63, 3.8) is 0 Å². The third-order valence-corrected chi connectivity index (χ3v) is 3.39. The molecule has 2 rings (SSSR count). The van der Waals surface area contributed by atoms with E-state index in [2.05, 4.69) is 16.9 Å². The van der Waals surface area contributed by atoms with Crippen LogP contribution < -0.4 is 4.74 Å². The average molecular weight is 272 g/mol. The van der Waals surface area contributed by atoms with Crippen molar-refractivity contribution in [1.82, 2.24) is 9.97 Å². The van der Waals surface area contributed by atoms with Gasteiger partial charge in [-0.25, -0.2) is 4.98 Å². The SMILES string of the molecule is CCCCCCCCOc1ccc(-c2ncc[nH]2)cc1. The Hall–Kier alpha value is -1.77. The number of hydrogen-bond acceptors (Lipinski definition) is 2. The molecule has 2 aromatic rings. The van der Waals surface area contributed by atoms with E-state index in [1.807, 2.05) is 30.5 Å². The summed E-state index contributed by atoms with van der Waals surface area (Å²) in [5.74, 6) is 1.83. The van der Waals surface area contributed by atoms with E-state index >= 15 is 0 Å². The number of ether oxygens (including phenoxy) is 1. The summed E-state index contributed by atoms with van der Waals surface area (Å²) in [6.07, 6.45) is 11.3. The minimum absolute atomic E-state index is 0.812. The summed E-state index contributed by atoms with van der Waals surface area (Å²) in [6.45, 7) is 3.06. The van der Waals surface area contributed by atoms with E-state index in [0.29, 0.717) is 0 Å². The van der Waals surface area contributed by atoms with Crippen LogP contribution in [0.3, 0.4) is 0 Å². The molecule has 0 saturated heterocycles. The monoisotopic (exact) mass is 272 g/mol. The molecular weight excluding hydrogens is 248 g/mol. The maximum Gasteiger partial charge on any atom is 0.137 e. The second-order valence-corrected chi connectivity index (χ2v) is 5.08. The van der Waals surface area contributed by atoms with E-state index in [4.69, 9.17) is 4.74 Å². The third kappa shape index (κ3) is 4.72. The van der Waals surface area contributed by atoms with Gasteiger partial charge in [0.05, 0.1) is 6.61 Å². The quantitative estimate of drug-likeness (QED) is 0.665. The van der Waals surface area contributed by atoms with Crippen LogP contribution in [-0.2, 0) is 0 Å². The summed E-state index contributed by atoms with van der Waals surface area (Å²) in [5, 5.41) is 0. The molecule has 0 spiro atoms. The summed E-state index contributed by atoms with van der Waals surface area (Å²) in [4.78, 5) is 7.33. The first kappa shape index (κ1) is 14.6. The van der Waals surface area contributed by atoms with Crippen LogP contribution in [0.2, 0.25) is 0 Å². The van der Waals surface area contributed by atoms with Crippen LogP contribution in [0.1, 0.15) is 45.4 Å². The molecule has 108 valence electrons. The highest BCUT2D eigenvalue weighted by Crippen LogP contribution is 2.19. The highest BCUT2D eigenvalue weighted by molar-refractivity contribution is 5.55. The standard InChI is InChI=1S/C17H24N2O/c1-2-3-4-5-6-7-14-20-16-10-8-15(9-11-16)17-18-12-13-19-17/h8-13H,2-7,14H2,1H3,(H,18,19). The lowest BCUT2D eigenvalue weighted by Crippen LogP contribution is -1.97. The Morgan fingerprint density at radius 2 is 1.75 bits per heavy atom. The van der Waals surface area contributed by atoms with E-state index in [0.717, 1.165) is 30.2 Å². The van der Waals surface area contributed by atoms with E-state index in [1.165, 1.54) is 32.1 Å². The molecular formula is C17H24N2O. The predicted molar refractivity (Wildman–Crippen MR) is 82.9 cm³/mol. The molecule has 1 N–H and O–H groups in total. The molecule has 0 atom stereocenters. The van der Waals surface area contributed by atoms with Gasteiger partial charge in [-0.05, 0) is 30.7 Å². The van der Waals surface area contributed by atoms with Gasteiger partial charge in [0.25, 0.3) is 0 Å². The molecule has 0 aliphatic heterocycles. The number of imidazole rings is 1. The fraction of sp³-hybridized carbons (Fsp3) is 0.471. The molecule has 0 aliphatic carbocycles. The molecule has 0 radical (unpaired) electrons. The topological polar surface area (TPSA) is 37.9 Å². The predicted octanol–water partition coefficient (Wildman–Crippen LogP) is 4.82. The number of aromatic amines is 1. The minimum atomic E-state index is 0.812. The number of benzene rings is 1. The number of aromatic nitrogens is 2. The van der Waals surface area contributed by atoms with E-state index in [-0.39, 0.29) is 0 Å². The first-order valence-corrected chi connectivity index (χ1v) is 7.63. The van der Waals surface area contributed by atoms with Crippen molar-refractivity contribution in [2.75, 3.05) is 6.61 Å². The first-order chi connectivity index (χ1) is 9.90. The largest absolute Gasteiger partial charge is 0.494 e. The van der Waals surface area contributed by atoms with Crippen LogP contribution >= 0.6 is 0 Å². The second-order valence-electron chi connectivity index (χ2n) is 5.08. The zero-order chi connectivity index (χ0) is 14.0. The Morgan fingerprint density at radius 3 is 2.45 bits per heavy atom. The highest BCUT2D eigenvalue weighted by Gasteiger charge is 2.00. The summed E-state index contributed by atoms with van der Waals surface area (Å²) < 4.78 is 5.75. The van der Waals surface area contributed by atoms with Gasteiger partial charge in [-0.1, -0.05) is 39.0 Å². The van der Waals surface area contributed by atoms with Gasteiger partial charge in [0, 0.05) is 18.0 Å². The normalized spacial score (nSPS) is 10.7. The summed E-state index contributed by atoms with van der Waals surface area (Å²) in [7, 11) is 0.